The van der Waals surface area contributed by atoms with Crippen molar-refractivity contribution in [2.75, 3.05) is 6.54 Å². The van der Waals surface area contributed by atoms with E-state index in [0.29, 0.717) is 12.1 Å². The molecule has 4 nitrogen and oxygen atoms in total. The topological polar surface area (TPSA) is 46.4 Å². The first-order valence-electron chi connectivity index (χ1n) is 4.63. The molecule has 78 valence electrons. The number of pyridine rings is 1. The molecule has 0 saturated carbocycles. The van der Waals surface area contributed by atoms with E-state index in [1.165, 1.54) is 0 Å². The second-order valence-electron chi connectivity index (χ2n) is 3.10. The zero-order chi connectivity index (χ0) is 10.8. The van der Waals surface area contributed by atoms with E-state index in [4.69, 9.17) is 0 Å². The van der Waals surface area contributed by atoms with Crippen LogP contribution in [-0.2, 0) is 0 Å². The van der Waals surface area contributed by atoms with Gasteiger partial charge in [0.05, 0.1) is 16.2 Å². The van der Waals surface area contributed by atoms with E-state index in [0.717, 1.165) is 9.99 Å². The monoisotopic (exact) mass is 267 g/mol. The summed E-state index contributed by atoms with van der Waals surface area (Å²) in [6.07, 6.45) is 3.47. The Morgan fingerprint density at radius 1 is 1.67 bits per heavy atom. The summed E-state index contributed by atoms with van der Waals surface area (Å²) in [6, 6.07) is 3.56. The molecular formula is C10H10BrN3O. The van der Waals surface area contributed by atoms with Gasteiger partial charge in [0, 0.05) is 18.3 Å². The van der Waals surface area contributed by atoms with Crippen LogP contribution in [-0.4, -0.2) is 22.1 Å². The molecule has 0 unspecified atom stereocenters. The van der Waals surface area contributed by atoms with Crippen LogP contribution in [0.4, 0.5) is 0 Å². The minimum absolute atomic E-state index is 0.0619. The normalized spacial score (nSPS) is 10.5. The number of carbonyl (C=O) groups is 1. The lowest BCUT2D eigenvalue weighted by molar-refractivity contribution is 0.0956. The lowest BCUT2D eigenvalue weighted by atomic mass is 10.2. The molecule has 1 amide bonds. The van der Waals surface area contributed by atoms with Crippen molar-refractivity contribution in [1.82, 2.24) is 14.9 Å². The van der Waals surface area contributed by atoms with Gasteiger partial charge in [-0.25, -0.2) is 4.52 Å². The van der Waals surface area contributed by atoms with Gasteiger partial charge in [-0.1, -0.05) is 0 Å². The number of nitrogens with one attached hydrogen (secondary N) is 1. The number of carbonyl (C=O) groups excluding carboxylic acids is 1. The summed E-state index contributed by atoms with van der Waals surface area (Å²) in [7, 11) is 0. The second-order valence-corrected chi connectivity index (χ2v) is 3.95. The minimum atomic E-state index is -0.0619. The maximum atomic E-state index is 11.6. The Labute approximate surface area is 95.4 Å². The third kappa shape index (κ3) is 1.87. The number of nitrogens with zero attached hydrogens (tertiary/aromatic N) is 2. The third-order valence-corrected chi connectivity index (χ3v) is 2.69. The molecule has 0 atom stereocenters. The quantitative estimate of drug-likeness (QED) is 0.903. The molecular weight excluding hydrogens is 258 g/mol. The number of amides is 1. The van der Waals surface area contributed by atoms with Crippen LogP contribution in [0.1, 0.15) is 17.3 Å². The van der Waals surface area contributed by atoms with Gasteiger partial charge in [0.2, 0.25) is 0 Å². The fraction of sp³-hybridized carbons (Fsp3) is 0.200. The van der Waals surface area contributed by atoms with Crippen LogP contribution in [0.3, 0.4) is 0 Å². The Hall–Kier alpha value is -1.36. The summed E-state index contributed by atoms with van der Waals surface area (Å²) in [5.41, 5.74) is 1.53. The summed E-state index contributed by atoms with van der Waals surface area (Å²) in [6.45, 7) is 2.52. The van der Waals surface area contributed by atoms with Crippen molar-refractivity contribution >= 4 is 27.4 Å². The predicted octanol–water partition coefficient (Wildman–Crippen LogP) is 1.85. The smallest absolute Gasteiger partial charge is 0.251 e. The summed E-state index contributed by atoms with van der Waals surface area (Å²) >= 11 is 3.37. The molecule has 1 N–H and O–H groups in total. The maximum absolute atomic E-state index is 11.6. The zero-order valence-electron chi connectivity index (χ0n) is 8.20. The van der Waals surface area contributed by atoms with E-state index in [1.54, 1.807) is 23.0 Å². The van der Waals surface area contributed by atoms with Crippen molar-refractivity contribution in [2.45, 2.75) is 6.92 Å². The highest BCUT2D eigenvalue weighted by Gasteiger charge is 2.07. The van der Waals surface area contributed by atoms with Gasteiger partial charge in [-0.05, 0) is 35.0 Å². The predicted molar refractivity (Wildman–Crippen MR) is 60.9 cm³/mol. The van der Waals surface area contributed by atoms with Gasteiger partial charge in [-0.15, -0.1) is 0 Å². The van der Waals surface area contributed by atoms with Crippen LogP contribution in [0.2, 0.25) is 0 Å². The highest BCUT2D eigenvalue weighted by Crippen LogP contribution is 2.18. The van der Waals surface area contributed by atoms with Gasteiger partial charge >= 0.3 is 0 Å². The standard InChI is InChI=1S/C10H10BrN3O/c1-2-12-10(15)7-3-4-14-9(5-7)8(11)6-13-14/h3-6H,2H2,1H3,(H,12,15). The van der Waals surface area contributed by atoms with Crippen LogP contribution in [0.25, 0.3) is 5.52 Å². The highest BCUT2D eigenvalue weighted by atomic mass is 79.9. The number of halogens is 1. The van der Waals surface area contributed by atoms with Crippen LogP contribution in [0.5, 0.6) is 0 Å². The molecule has 0 fully saturated rings. The first-order chi connectivity index (χ1) is 7.22. The molecule has 0 spiro atoms. The third-order valence-electron chi connectivity index (χ3n) is 2.07. The highest BCUT2D eigenvalue weighted by molar-refractivity contribution is 9.10. The van der Waals surface area contributed by atoms with Gasteiger partial charge < -0.3 is 5.32 Å². The number of hydrogen-bond donors (Lipinski definition) is 1. The lowest BCUT2D eigenvalue weighted by Crippen LogP contribution is -2.22. The van der Waals surface area contributed by atoms with Crippen LogP contribution >= 0.6 is 15.9 Å². The molecule has 0 aromatic carbocycles. The summed E-state index contributed by atoms with van der Waals surface area (Å²) in [5.74, 6) is -0.0619. The van der Waals surface area contributed by atoms with Gasteiger partial charge in [-0.3, -0.25) is 4.79 Å². The Balaban J connectivity index is 2.45. The number of hydrogen-bond acceptors (Lipinski definition) is 2. The fourth-order valence-electron chi connectivity index (χ4n) is 1.35. The Bertz CT molecular complexity index is 506. The average Bonchev–Trinajstić information content (AvgIpc) is 2.60. The molecule has 0 aliphatic rings. The molecule has 15 heavy (non-hydrogen) atoms. The number of rotatable bonds is 2. The Morgan fingerprint density at radius 2 is 2.47 bits per heavy atom. The van der Waals surface area contributed by atoms with Crippen molar-refractivity contribution in [2.24, 2.45) is 0 Å². The molecule has 2 rings (SSSR count). The van der Waals surface area contributed by atoms with Crippen molar-refractivity contribution in [3.05, 3.63) is 34.6 Å². The molecule has 0 bridgehead atoms. The summed E-state index contributed by atoms with van der Waals surface area (Å²) < 4.78 is 2.60. The van der Waals surface area contributed by atoms with Gasteiger partial charge in [0.1, 0.15) is 0 Å². The van der Waals surface area contributed by atoms with Crippen LogP contribution in [0, 0.1) is 0 Å². The molecule has 2 aromatic heterocycles. The average molecular weight is 268 g/mol. The van der Waals surface area contributed by atoms with Crippen molar-refractivity contribution in [3.63, 3.8) is 0 Å². The first-order valence-corrected chi connectivity index (χ1v) is 5.42. The number of aromatic nitrogens is 2. The zero-order valence-corrected chi connectivity index (χ0v) is 9.78. The molecule has 0 aliphatic heterocycles. The van der Waals surface area contributed by atoms with E-state index < -0.39 is 0 Å². The van der Waals surface area contributed by atoms with Crippen LogP contribution in [0.15, 0.2) is 29.0 Å². The molecule has 0 saturated heterocycles. The Kier molecular flexibility index (Phi) is 2.73. The van der Waals surface area contributed by atoms with E-state index in [9.17, 15) is 4.79 Å². The Morgan fingerprint density at radius 3 is 3.20 bits per heavy atom. The fourth-order valence-corrected chi connectivity index (χ4v) is 1.74. The largest absolute Gasteiger partial charge is 0.352 e. The molecule has 2 heterocycles. The van der Waals surface area contributed by atoms with Gasteiger partial charge in [0.15, 0.2) is 0 Å². The second kappa shape index (κ2) is 4.02. The van der Waals surface area contributed by atoms with E-state index in [1.807, 2.05) is 13.0 Å². The van der Waals surface area contributed by atoms with E-state index in [2.05, 4.69) is 26.3 Å². The first kappa shape index (κ1) is 10.2. The SMILES string of the molecule is CCNC(=O)c1ccn2ncc(Br)c2c1. The van der Waals surface area contributed by atoms with Crippen molar-refractivity contribution in [3.8, 4) is 0 Å². The molecule has 0 radical (unpaired) electrons. The summed E-state index contributed by atoms with van der Waals surface area (Å²) in [5, 5.41) is 6.86. The number of fused-ring (bicyclic) bond motifs is 1. The van der Waals surface area contributed by atoms with Crippen molar-refractivity contribution < 1.29 is 4.79 Å². The van der Waals surface area contributed by atoms with Gasteiger partial charge in [0.25, 0.3) is 5.91 Å². The molecule has 2 aromatic rings. The van der Waals surface area contributed by atoms with Gasteiger partial charge in [-0.2, -0.15) is 5.10 Å². The van der Waals surface area contributed by atoms with Crippen LogP contribution < -0.4 is 5.32 Å². The minimum Gasteiger partial charge on any atom is -0.352 e. The molecule has 0 aliphatic carbocycles. The van der Waals surface area contributed by atoms with E-state index >= 15 is 0 Å². The van der Waals surface area contributed by atoms with Crippen molar-refractivity contribution in [1.29, 1.82) is 0 Å². The lowest BCUT2D eigenvalue weighted by Gasteiger charge is -2.02. The maximum Gasteiger partial charge on any atom is 0.251 e. The summed E-state index contributed by atoms with van der Waals surface area (Å²) in [4.78, 5) is 11.6. The van der Waals surface area contributed by atoms with E-state index in [-0.39, 0.29) is 5.91 Å². The molecule has 5 heteroatoms.